The molecule has 29 heavy (non-hydrogen) atoms. The topological polar surface area (TPSA) is 146 Å². The van der Waals surface area contributed by atoms with Gasteiger partial charge in [-0.15, -0.1) is 0 Å². The smallest absolute Gasteiger partial charge is 0.224 e. The summed E-state index contributed by atoms with van der Waals surface area (Å²) in [7, 11) is 0. The number of rotatable bonds is 4. The van der Waals surface area contributed by atoms with Crippen LogP contribution in [0.3, 0.4) is 0 Å². The molecular weight excluding hydrogens is 366 g/mol. The molecule has 0 aliphatic heterocycles. The van der Waals surface area contributed by atoms with Gasteiger partial charge in [0.25, 0.3) is 0 Å². The van der Waals surface area contributed by atoms with Crippen molar-refractivity contribution in [3.63, 3.8) is 0 Å². The lowest BCUT2D eigenvalue weighted by Gasteiger charge is -2.14. The Hall–Kier alpha value is -4.38. The number of nitrogen functional groups attached to an aromatic ring is 2. The molecular formula is C21H17N7O. The summed E-state index contributed by atoms with van der Waals surface area (Å²) >= 11 is 0. The number of para-hydroxylation sites is 1. The fourth-order valence-corrected chi connectivity index (χ4v) is 3.20. The van der Waals surface area contributed by atoms with E-state index < -0.39 is 0 Å². The highest BCUT2D eigenvalue weighted by Crippen LogP contribution is 2.24. The molecule has 0 bridgehead atoms. The maximum Gasteiger partial charge on any atom is 0.224 e. The van der Waals surface area contributed by atoms with Crippen molar-refractivity contribution in [3.8, 4) is 17.3 Å². The van der Waals surface area contributed by atoms with Crippen molar-refractivity contribution in [2.75, 3.05) is 16.8 Å². The summed E-state index contributed by atoms with van der Waals surface area (Å²) in [6.45, 7) is 0.120. The van der Waals surface area contributed by atoms with E-state index in [4.69, 9.17) is 11.5 Å². The second-order valence-corrected chi connectivity index (χ2v) is 6.38. The van der Waals surface area contributed by atoms with E-state index in [0.29, 0.717) is 16.6 Å². The molecule has 2 heterocycles. The number of anilines is 3. The van der Waals surface area contributed by atoms with Gasteiger partial charge in [-0.1, -0.05) is 42.5 Å². The predicted molar refractivity (Wildman–Crippen MR) is 113 cm³/mol. The van der Waals surface area contributed by atoms with Gasteiger partial charge in [0.05, 0.1) is 5.69 Å². The number of nitrogens with two attached hydrogens (primary N) is 2. The van der Waals surface area contributed by atoms with E-state index >= 15 is 0 Å². The lowest BCUT2D eigenvalue weighted by molar-refractivity contribution is 1.07. The highest BCUT2D eigenvalue weighted by atomic mass is 16.1. The molecule has 0 radical (unpaired) electrons. The predicted octanol–water partition coefficient (Wildman–Crippen LogP) is 2.63. The molecule has 142 valence electrons. The molecule has 0 saturated carbocycles. The number of hydrogen-bond donors (Lipinski definition) is 4. The fraction of sp³-hybridized carbons (Fsp3) is 0.0476. The SMILES string of the molecule is N#Cc1c(N)nc(N)nc1NCc1c(-c2ccccc2)[nH]c2ccccc2c1=O. The lowest BCUT2D eigenvalue weighted by Crippen LogP contribution is -2.18. The third-order valence-corrected chi connectivity index (χ3v) is 4.57. The molecule has 4 aromatic rings. The van der Waals surface area contributed by atoms with Crippen LogP contribution in [-0.2, 0) is 6.54 Å². The first kappa shape index (κ1) is 18.0. The highest BCUT2D eigenvalue weighted by molar-refractivity contribution is 5.83. The Kier molecular flexibility index (Phi) is 4.55. The number of pyridine rings is 1. The third-order valence-electron chi connectivity index (χ3n) is 4.57. The van der Waals surface area contributed by atoms with Crippen molar-refractivity contribution in [1.82, 2.24) is 15.0 Å². The van der Waals surface area contributed by atoms with Crippen molar-refractivity contribution >= 4 is 28.5 Å². The molecule has 6 N–H and O–H groups in total. The van der Waals surface area contributed by atoms with Gasteiger partial charge in [0.15, 0.2) is 11.2 Å². The summed E-state index contributed by atoms with van der Waals surface area (Å²) in [5.41, 5.74) is 14.2. The molecule has 0 unspecified atom stereocenters. The summed E-state index contributed by atoms with van der Waals surface area (Å²) in [5.74, 6) is 0.113. The van der Waals surface area contributed by atoms with Crippen LogP contribution >= 0.6 is 0 Å². The van der Waals surface area contributed by atoms with Gasteiger partial charge in [-0.25, -0.2) is 0 Å². The van der Waals surface area contributed by atoms with Crippen molar-refractivity contribution in [2.24, 2.45) is 0 Å². The first-order valence-electron chi connectivity index (χ1n) is 8.84. The largest absolute Gasteiger partial charge is 0.382 e. The average molecular weight is 383 g/mol. The van der Waals surface area contributed by atoms with Gasteiger partial charge >= 0.3 is 0 Å². The normalized spacial score (nSPS) is 10.6. The number of nitrogens with one attached hydrogen (secondary N) is 2. The zero-order valence-corrected chi connectivity index (χ0v) is 15.3. The van der Waals surface area contributed by atoms with E-state index in [-0.39, 0.29) is 35.1 Å². The number of benzene rings is 2. The van der Waals surface area contributed by atoms with Crippen molar-refractivity contribution in [2.45, 2.75) is 6.54 Å². The molecule has 0 aliphatic rings. The first-order valence-corrected chi connectivity index (χ1v) is 8.84. The lowest BCUT2D eigenvalue weighted by atomic mass is 10.0. The molecule has 8 heteroatoms. The fourth-order valence-electron chi connectivity index (χ4n) is 3.20. The molecule has 0 fully saturated rings. The number of aromatic nitrogens is 3. The van der Waals surface area contributed by atoms with Gasteiger partial charge in [-0.3, -0.25) is 4.79 Å². The van der Waals surface area contributed by atoms with Crippen LogP contribution in [0.15, 0.2) is 59.4 Å². The van der Waals surface area contributed by atoms with Crippen LogP contribution in [0.25, 0.3) is 22.2 Å². The molecule has 0 saturated heterocycles. The minimum absolute atomic E-state index is 0.0156. The summed E-state index contributed by atoms with van der Waals surface area (Å²) in [6.07, 6.45) is 0. The van der Waals surface area contributed by atoms with Gasteiger partial charge < -0.3 is 21.8 Å². The standard InChI is InChI=1S/C21H17N7O/c22-10-14-19(23)27-21(24)28-20(14)25-11-15-17(12-6-2-1-3-7-12)26-16-9-5-4-8-13(16)18(15)29/h1-9H,11H2,(H,26,29)(H5,23,24,25,27,28). The molecule has 0 amide bonds. The summed E-state index contributed by atoms with van der Waals surface area (Å²) in [6, 6.07) is 18.8. The Morgan fingerprint density at radius 3 is 2.52 bits per heavy atom. The second-order valence-electron chi connectivity index (χ2n) is 6.38. The van der Waals surface area contributed by atoms with Gasteiger partial charge in [0.1, 0.15) is 17.5 Å². The number of hydrogen-bond acceptors (Lipinski definition) is 7. The van der Waals surface area contributed by atoms with Gasteiger partial charge in [0, 0.05) is 23.0 Å². The number of H-pyrrole nitrogens is 1. The number of aromatic amines is 1. The molecule has 2 aromatic heterocycles. The number of nitrogens with zero attached hydrogens (tertiary/aromatic N) is 3. The van der Waals surface area contributed by atoms with Crippen molar-refractivity contribution in [1.29, 1.82) is 5.26 Å². The van der Waals surface area contributed by atoms with Crippen LogP contribution < -0.4 is 22.2 Å². The third kappa shape index (κ3) is 3.33. The van der Waals surface area contributed by atoms with Gasteiger partial charge in [-0.05, 0) is 17.7 Å². The zero-order valence-electron chi connectivity index (χ0n) is 15.3. The molecule has 0 aliphatic carbocycles. The van der Waals surface area contributed by atoms with Crippen molar-refractivity contribution < 1.29 is 0 Å². The Bertz CT molecular complexity index is 1310. The maximum atomic E-state index is 13.2. The van der Waals surface area contributed by atoms with E-state index in [0.717, 1.165) is 11.1 Å². The average Bonchev–Trinajstić information content (AvgIpc) is 2.73. The minimum atomic E-state index is -0.112. The van der Waals surface area contributed by atoms with E-state index in [2.05, 4.69) is 20.3 Å². The molecule has 0 atom stereocenters. The van der Waals surface area contributed by atoms with E-state index in [1.807, 2.05) is 54.6 Å². The quantitative estimate of drug-likeness (QED) is 0.423. The van der Waals surface area contributed by atoms with E-state index in [9.17, 15) is 10.1 Å². The maximum absolute atomic E-state index is 13.2. The first-order chi connectivity index (χ1) is 14.1. The Balaban J connectivity index is 1.85. The number of fused-ring (bicyclic) bond motifs is 1. The minimum Gasteiger partial charge on any atom is -0.382 e. The Morgan fingerprint density at radius 1 is 1.03 bits per heavy atom. The van der Waals surface area contributed by atoms with Crippen LogP contribution in [0.4, 0.5) is 17.6 Å². The number of nitriles is 1. The van der Waals surface area contributed by atoms with Gasteiger partial charge in [0.2, 0.25) is 5.95 Å². The molecule has 2 aromatic carbocycles. The van der Waals surface area contributed by atoms with Crippen LogP contribution in [-0.4, -0.2) is 15.0 Å². The van der Waals surface area contributed by atoms with Gasteiger partial charge in [-0.2, -0.15) is 15.2 Å². The molecule has 8 nitrogen and oxygen atoms in total. The zero-order chi connectivity index (χ0) is 20.4. The van der Waals surface area contributed by atoms with Crippen LogP contribution in [0.2, 0.25) is 0 Å². The summed E-state index contributed by atoms with van der Waals surface area (Å²) < 4.78 is 0. The Morgan fingerprint density at radius 2 is 1.76 bits per heavy atom. The van der Waals surface area contributed by atoms with Crippen LogP contribution in [0, 0.1) is 11.3 Å². The monoisotopic (exact) mass is 383 g/mol. The molecule has 0 spiro atoms. The molecule has 4 rings (SSSR count). The van der Waals surface area contributed by atoms with E-state index in [1.165, 1.54) is 0 Å². The second kappa shape index (κ2) is 7.32. The Labute approximate surface area is 165 Å². The van der Waals surface area contributed by atoms with E-state index in [1.54, 1.807) is 6.07 Å². The summed E-state index contributed by atoms with van der Waals surface area (Å²) in [4.78, 5) is 24.4. The van der Waals surface area contributed by atoms with Crippen LogP contribution in [0.1, 0.15) is 11.1 Å². The highest BCUT2D eigenvalue weighted by Gasteiger charge is 2.16. The van der Waals surface area contributed by atoms with Crippen LogP contribution in [0.5, 0.6) is 0 Å². The van der Waals surface area contributed by atoms with Crippen molar-refractivity contribution in [3.05, 3.63) is 75.9 Å². The summed E-state index contributed by atoms with van der Waals surface area (Å²) in [5, 5.41) is 13.0.